The van der Waals surface area contributed by atoms with Crippen molar-refractivity contribution in [2.45, 2.75) is 33.9 Å². The Balaban J connectivity index is 4.19. The summed E-state index contributed by atoms with van der Waals surface area (Å²) >= 11 is 0. The Morgan fingerprint density at radius 1 is 1.06 bits per heavy atom. The van der Waals surface area contributed by atoms with Gasteiger partial charge in [-0.25, -0.2) is 0 Å². The Kier molecular flexibility index (Phi) is 6.33. The van der Waals surface area contributed by atoms with Crippen LogP contribution in [0.5, 0.6) is 0 Å². The van der Waals surface area contributed by atoms with E-state index in [4.69, 9.17) is 0 Å². The van der Waals surface area contributed by atoms with Gasteiger partial charge in [-0.15, -0.1) is 0 Å². The molecule has 1 N–H and O–H groups in total. The summed E-state index contributed by atoms with van der Waals surface area (Å²) in [5.74, 6) is 0. The Morgan fingerprint density at radius 3 is 2.00 bits per heavy atom. The lowest BCUT2D eigenvalue weighted by Gasteiger charge is -2.32. The number of hydrogen-bond donors (Lipinski definition) is 1. The van der Waals surface area contributed by atoms with Gasteiger partial charge in [0.05, 0.1) is 6.54 Å². The van der Waals surface area contributed by atoms with Gasteiger partial charge in [-0.1, -0.05) is 27.7 Å². The average Bonchev–Trinajstić information content (AvgIpc) is 2.11. The summed E-state index contributed by atoms with van der Waals surface area (Å²) in [6.07, 6.45) is -4.11. The first kappa shape index (κ1) is 15.7. The van der Waals surface area contributed by atoms with Gasteiger partial charge < -0.3 is 5.32 Å². The standard InChI is InChI=1S/C11H23F3N2/c1-5-15-7-10(3,4)8-16(6-2)9-11(12,13)14/h15H,5-9H2,1-4H3. The minimum Gasteiger partial charge on any atom is -0.316 e. The van der Waals surface area contributed by atoms with Crippen LogP contribution in [0.15, 0.2) is 0 Å². The minimum atomic E-state index is -4.11. The molecule has 0 bridgehead atoms. The van der Waals surface area contributed by atoms with Crippen molar-refractivity contribution in [1.29, 1.82) is 0 Å². The van der Waals surface area contributed by atoms with E-state index < -0.39 is 12.7 Å². The summed E-state index contributed by atoms with van der Waals surface area (Å²) in [5, 5.41) is 3.17. The normalized spacial score (nSPS) is 13.5. The van der Waals surface area contributed by atoms with Crippen molar-refractivity contribution in [2.75, 3.05) is 32.7 Å². The second-order valence-corrected chi connectivity index (χ2v) is 4.86. The lowest BCUT2D eigenvalue weighted by atomic mass is 9.92. The highest BCUT2D eigenvalue weighted by Gasteiger charge is 2.32. The lowest BCUT2D eigenvalue weighted by molar-refractivity contribution is -0.148. The van der Waals surface area contributed by atoms with Gasteiger partial charge in [0.2, 0.25) is 0 Å². The summed E-state index contributed by atoms with van der Waals surface area (Å²) in [7, 11) is 0. The summed E-state index contributed by atoms with van der Waals surface area (Å²) in [6, 6.07) is 0. The number of nitrogens with zero attached hydrogens (tertiary/aromatic N) is 1. The highest BCUT2D eigenvalue weighted by Crippen LogP contribution is 2.21. The Morgan fingerprint density at radius 2 is 1.62 bits per heavy atom. The molecule has 5 heteroatoms. The largest absolute Gasteiger partial charge is 0.401 e. The highest BCUT2D eigenvalue weighted by molar-refractivity contribution is 4.77. The van der Waals surface area contributed by atoms with Crippen LogP contribution in [0.1, 0.15) is 27.7 Å². The zero-order valence-corrected chi connectivity index (χ0v) is 10.6. The fraction of sp³-hybridized carbons (Fsp3) is 1.00. The molecule has 0 unspecified atom stereocenters. The van der Waals surface area contributed by atoms with E-state index in [-0.39, 0.29) is 5.41 Å². The van der Waals surface area contributed by atoms with Gasteiger partial charge in [0.1, 0.15) is 0 Å². The zero-order chi connectivity index (χ0) is 12.8. The molecule has 0 heterocycles. The molecule has 0 fully saturated rings. The molecular weight excluding hydrogens is 217 g/mol. The third-order valence-electron chi connectivity index (χ3n) is 2.36. The van der Waals surface area contributed by atoms with Crippen LogP contribution in [0.2, 0.25) is 0 Å². The first-order valence-electron chi connectivity index (χ1n) is 5.70. The Bertz CT molecular complexity index is 190. The molecule has 0 aromatic rings. The molecule has 0 rings (SSSR count). The highest BCUT2D eigenvalue weighted by atomic mass is 19.4. The monoisotopic (exact) mass is 240 g/mol. The van der Waals surface area contributed by atoms with Gasteiger partial charge >= 0.3 is 6.18 Å². The van der Waals surface area contributed by atoms with Crippen molar-refractivity contribution in [1.82, 2.24) is 10.2 Å². The fourth-order valence-electron chi connectivity index (χ4n) is 1.66. The molecule has 0 aromatic heterocycles. The molecule has 0 saturated heterocycles. The maximum absolute atomic E-state index is 12.3. The average molecular weight is 240 g/mol. The molecule has 16 heavy (non-hydrogen) atoms. The predicted octanol–water partition coefficient (Wildman–Crippen LogP) is 2.51. The van der Waals surface area contributed by atoms with Crippen molar-refractivity contribution in [3.05, 3.63) is 0 Å². The molecule has 0 aliphatic heterocycles. The van der Waals surface area contributed by atoms with Crippen molar-refractivity contribution in [3.63, 3.8) is 0 Å². The SMILES string of the molecule is CCNCC(C)(C)CN(CC)CC(F)(F)F. The van der Waals surface area contributed by atoms with Gasteiger partial charge in [0, 0.05) is 13.1 Å². The topological polar surface area (TPSA) is 15.3 Å². The van der Waals surface area contributed by atoms with Crippen LogP contribution < -0.4 is 5.32 Å². The van der Waals surface area contributed by atoms with Gasteiger partial charge in [-0.2, -0.15) is 13.2 Å². The van der Waals surface area contributed by atoms with Gasteiger partial charge in [-0.05, 0) is 18.5 Å². The molecule has 0 aliphatic rings. The van der Waals surface area contributed by atoms with E-state index in [0.29, 0.717) is 13.1 Å². The molecule has 0 atom stereocenters. The number of nitrogens with one attached hydrogen (secondary N) is 1. The van der Waals surface area contributed by atoms with E-state index in [0.717, 1.165) is 13.1 Å². The minimum absolute atomic E-state index is 0.142. The van der Waals surface area contributed by atoms with E-state index in [1.807, 2.05) is 20.8 Å². The fourth-order valence-corrected chi connectivity index (χ4v) is 1.66. The molecule has 0 amide bonds. The molecule has 0 aliphatic carbocycles. The molecule has 0 radical (unpaired) electrons. The first-order chi connectivity index (χ1) is 7.20. The van der Waals surface area contributed by atoms with Crippen molar-refractivity contribution >= 4 is 0 Å². The second kappa shape index (κ2) is 6.45. The van der Waals surface area contributed by atoms with Crippen LogP contribution in [0.25, 0.3) is 0 Å². The predicted molar refractivity (Wildman–Crippen MR) is 60.5 cm³/mol. The van der Waals surface area contributed by atoms with Crippen molar-refractivity contribution in [3.8, 4) is 0 Å². The summed E-state index contributed by atoms with van der Waals surface area (Å²) < 4.78 is 36.8. The van der Waals surface area contributed by atoms with E-state index in [1.165, 1.54) is 4.90 Å². The molecule has 0 saturated carbocycles. The van der Waals surface area contributed by atoms with Crippen LogP contribution in [0, 0.1) is 5.41 Å². The smallest absolute Gasteiger partial charge is 0.316 e. The number of rotatable bonds is 7. The zero-order valence-electron chi connectivity index (χ0n) is 10.6. The van der Waals surface area contributed by atoms with Gasteiger partial charge in [0.15, 0.2) is 0 Å². The maximum Gasteiger partial charge on any atom is 0.401 e. The van der Waals surface area contributed by atoms with E-state index in [9.17, 15) is 13.2 Å². The van der Waals surface area contributed by atoms with Crippen molar-refractivity contribution < 1.29 is 13.2 Å². The van der Waals surface area contributed by atoms with Crippen LogP contribution >= 0.6 is 0 Å². The van der Waals surface area contributed by atoms with Crippen LogP contribution in [-0.4, -0.2) is 43.8 Å². The third kappa shape index (κ3) is 7.93. The van der Waals surface area contributed by atoms with Crippen molar-refractivity contribution in [2.24, 2.45) is 5.41 Å². The summed E-state index contributed by atoms with van der Waals surface area (Å²) in [5.41, 5.74) is -0.142. The Labute approximate surface area is 96.2 Å². The number of alkyl halides is 3. The first-order valence-corrected chi connectivity index (χ1v) is 5.70. The number of halogens is 3. The summed E-state index contributed by atoms with van der Waals surface area (Å²) in [6.45, 7) is 9.35. The summed E-state index contributed by atoms with van der Waals surface area (Å²) in [4.78, 5) is 1.44. The van der Waals surface area contributed by atoms with Crippen LogP contribution in [0.4, 0.5) is 13.2 Å². The molecule has 0 spiro atoms. The molecular formula is C11H23F3N2. The lowest BCUT2D eigenvalue weighted by Crippen LogP contribution is -2.43. The third-order valence-corrected chi connectivity index (χ3v) is 2.36. The molecule has 2 nitrogen and oxygen atoms in total. The molecule has 0 aromatic carbocycles. The van der Waals surface area contributed by atoms with E-state index in [2.05, 4.69) is 5.32 Å². The Hall–Kier alpha value is -0.290. The van der Waals surface area contributed by atoms with E-state index in [1.54, 1.807) is 6.92 Å². The maximum atomic E-state index is 12.3. The van der Waals surface area contributed by atoms with E-state index >= 15 is 0 Å². The van der Waals surface area contributed by atoms with Gasteiger partial charge in [0.25, 0.3) is 0 Å². The molecule has 98 valence electrons. The van der Waals surface area contributed by atoms with Crippen LogP contribution in [0.3, 0.4) is 0 Å². The second-order valence-electron chi connectivity index (χ2n) is 4.86. The van der Waals surface area contributed by atoms with Gasteiger partial charge in [-0.3, -0.25) is 4.90 Å². The number of hydrogen-bond acceptors (Lipinski definition) is 2. The quantitative estimate of drug-likeness (QED) is 0.735. The van der Waals surface area contributed by atoms with Crippen LogP contribution in [-0.2, 0) is 0 Å².